The molecule has 0 bridgehead atoms. The minimum Gasteiger partial charge on any atom is -0.357 e. The Morgan fingerprint density at radius 2 is 2.00 bits per heavy atom. The number of nitrogens with two attached hydrogens (primary N) is 1. The van der Waals surface area contributed by atoms with E-state index in [0.29, 0.717) is 11.8 Å². The molecule has 6 nitrogen and oxygen atoms in total. The van der Waals surface area contributed by atoms with Crippen LogP contribution in [0.5, 0.6) is 0 Å². The van der Waals surface area contributed by atoms with Crippen molar-refractivity contribution in [1.82, 2.24) is 10.2 Å². The van der Waals surface area contributed by atoms with Crippen molar-refractivity contribution in [2.75, 3.05) is 31.9 Å². The van der Waals surface area contributed by atoms with Crippen molar-refractivity contribution in [2.45, 2.75) is 32.6 Å². The van der Waals surface area contributed by atoms with Crippen LogP contribution in [0.25, 0.3) is 0 Å². The second kappa shape index (κ2) is 11.1. The summed E-state index contributed by atoms with van der Waals surface area (Å²) in [5.41, 5.74) is 1.41. The summed E-state index contributed by atoms with van der Waals surface area (Å²) in [6.07, 6.45) is 2.18. The van der Waals surface area contributed by atoms with Crippen LogP contribution in [0.3, 0.4) is 0 Å². The summed E-state index contributed by atoms with van der Waals surface area (Å²) in [5.74, 6) is 1.78. The van der Waals surface area contributed by atoms with Gasteiger partial charge in [-0.25, -0.2) is 13.6 Å². The van der Waals surface area contributed by atoms with Gasteiger partial charge in [0.2, 0.25) is 10.0 Å². The summed E-state index contributed by atoms with van der Waals surface area (Å²) in [5, 5.41) is 8.35. The number of benzene rings is 1. The molecule has 0 radical (unpaired) electrons. The lowest BCUT2D eigenvalue weighted by molar-refractivity contribution is 0.215. The molecule has 3 N–H and O–H groups in total. The second-order valence-corrected chi connectivity index (χ2v) is 8.26. The first kappa shape index (κ1) is 23.2. The van der Waals surface area contributed by atoms with E-state index in [4.69, 9.17) is 5.14 Å². The number of hydrogen-bond acceptors (Lipinski definition) is 3. The molecule has 1 heterocycles. The largest absolute Gasteiger partial charge is 0.357 e. The van der Waals surface area contributed by atoms with Crippen molar-refractivity contribution in [3.63, 3.8) is 0 Å². The minimum atomic E-state index is -3.48. The van der Waals surface area contributed by atoms with Crippen LogP contribution in [0.4, 0.5) is 0 Å². The molecule has 1 aromatic rings. The molecule has 2 atom stereocenters. The first-order chi connectivity index (χ1) is 11.9. The molecule has 148 valence electrons. The van der Waals surface area contributed by atoms with Crippen LogP contribution >= 0.6 is 24.0 Å². The van der Waals surface area contributed by atoms with Gasteiger partial charge in [-0.05, 0) is 30.7 Å². The fourth-order valence-corrected chi connectivity index (χ4v) is 3.83. The van der Waals surface area contributed by atoms with E-state index >= 15 is 0 Å². The fraction of sp³-hybridized carbons (Fsp3) is 0.611. The van der Waals surface area contributed by atoms with Crippen LogP contribution in [0.2, 0.25) is 0 Å². The molecule has 26 heavy (non-hydrogen) atoms. The number of likely N-dealkylation sites (tertiary alicyclic amines) is 1. The van der Waals surface area contributed by atoms with E-state index in [1.807, 2.05) is 6.92 Å². The molecule has 8 heteroatoms. The first-order valence-corrected chi connectivity index (χ1v) is 10.7. The topological polar surface area (TPSA) is 87.8 Å². The zero-order chi connectivity index (χ0) is 18.3. The molecule has 0 aromatic heterocycles. The Balaban J connectivity index is 0.00000338. The van der Waals surface area contributed by atoms with E-state index in [9.17, 15) is 8.42 Å². The third-order valence-corrected chi connectivity index (χ3v) is 5.51. The van der Waals surface area contributed by atoms with Crippen LogP contribution in [0, 0.1) is 5.92 Å². The number of guanidine groups is 1. The van der Waals surface area contributed by atoms with E-state index in [2.05, 4.69) is 52.5 Å². The molecule has 1 aromatic carbocycles. The average molecular weight is 494 g/mol. The maximum Gasteiger partial charge on any atom is 0.210 e. The highest BCUT2D eigenvalue weighted by Crippen LogP contribution is 2.34. The molecule has 1 saturated heterocycles. The highest BCUT2D eigenvalue weighted by Gasteiger charge is 2.30. The summed E-state index contributed by atoms with van der Waals surface area (Å²) < 4.78 is 22.2. The zero-order valence-corrected chi connectivity index (χ0v) is 18.7. The molecule has 0 aliphatic carbocycles. The SMILES string of the molecule is CCNC(=NCCS(N)(=O)=O)N1CCC(c2ccccc2)C(CC)C1.I. The third kappa shape index (κ3) is 7.03. The Morgan fingerprint density at radius 1 is 1.31 bits per heavy atom. The van der Waals surface area contributed by atoms with Crippen LogP contribution in [0.1, 0.15) is 38.2 Å². The van der Waals surface area contributed by atoms with Crippen LogP contribution in [-0.4, -0.2) is 51.2 Å². The van der Waals surface area contributed by atoms with Gasteiger partial charge in [-0.2, -0.15) is 0 Å². The number of aliphatic imine (C=N–C) groups is 1. The monoisotopic (exact) mass is 494 g/mol. The Bertz CT molecular complexity index is 667. The molecule has 0 amide bonds. The maximum absolute atomic E-state index is 11.1. The van der Waals surface area contributed by atoms with E-state index < -0.39 is 10.0 Å². The van der Waals surface area contributed by atoms with E-state index in [1.165, 1.54) is 5.56 Å². The number of primary sulfonamides is 1. The highest BCUT2D eigenvalue weighted by atomic mass is 127. The van der Waals surface area contributed by atoms with Crippen molar-refractivity contribution in [3.8, 4) is 0 Å². The number of nitrogens with one attached hydrogen (secondary N) is 1. The number of nitrogens with zero attached hydrogens (tertiary/aromatic N) is 2. The zero-order valence-electron chi connectivity index (χ0n) is 15.6. The number of sulfonamides is 1. The summed E-state index contributed by atoms with van der Waals surface area (Å²) >= 11 is 0. The Kier molecular flexibility index (Phi) is 9.88. The normalized spacial score (nSPS) is 21.2. The second-order valence-electron chi connectivity index (χ2n) is 6.52. The summed E-state index contributed by atoms with van der Waals surface area (Å²) in [6, 6.07) is 10.7. The van der Waals surface area contributed by atoms with Crippen molar-refractivity contribution >= 4 is 40.0 Å². The molecule has 1 fully saturated rings. The molecular weight excluding hydrogens is 463 g/mol. The van der Waals surface area contributed by atoms with Gasteiger partial charge in [0, 0.05) is 19.6 Å². The highest BCUT2D eigenvalue weighted by molar-refractivity contribution is 14.0. The smallest absolute Gasteiger partial charge is 0.210 e. The molecule has 2 rings (SSSR count). The van der Waals surface area contributed by atoms with Gasteiger partial charge in [-0.1, -0.05) is 43.7 Å². The van der Waals surface area contributed by atoms with Gasteiger partial charge in [-0.15, -0.1) is 24.0 Å². The maximum atomic E-state index is 11.1. The molecule has 0 spiro atoms. The number of rotatable bonds is 6. The van der Waals surface area contributed by atoms with E-state index in [0.717, 1.165) is 38.4 Å². The minimum absolute atomic E-state index is 0. The van der Waals surface area contributed by atoms with Gasteiger partial charge >= 0.3 is 0 Å². The van der Waals surface area contributed by atoms with Gasteiger partial charge in [-0.3, -0.25) is 4.99 Å². The summed E-state index contributed by atoms with van der Waals surface area (Å²) in [6.45, 7) is 7.03. The lowest BCUT2D eigenvalue weighted by Gasteiger charge is -2.40. The van der Waals surface area contributed by atoms with Crippen molar-refractivity contribution in [3.05, 3.63) is 35.9 Å². The van der Waals surface area contributed by atoms with Crippen molar-refractivity contribution in [2.24, 2.45) is 16.0 Å². The van der Waals surface area contributed by atoms with Crippen molar-refractivity contribution < 1.29 is 8.42 Å². The van der Waals surface area contributed by atoms with Gasteiger partial charge in [0.1, 0.15) is 0 Å². The standard InChI is InChI=1S/C18H30N4O2S.HI/c1-3-15-14-22(12-10-17(15)16-8-6-5-7-9-16)18(20-4-2)21-11-13-25(19,23)24;/h5-9,15,17H,3-4,10-14H2,1-2H3,(H,20,21)(H2,19,23,24);1H. The van der Waals surface area contributed by atoms with Crippen LogP contribution in [0.15, 0.2) is 35.3 Å². The number of hydrogen-bond donors (Lipinski definition) is 2. The fourth-order valence-electron chi connectivity index (χ4n) is 3.48. The van der Waals surface area contributed by atoms with Crippen molar-refractivity contribution in [1.29, 1.82) is 0 Å². The van der Waals surface area contributed by atoms with E-state index in [-0.39, 0.29) is 36.3 Å². The predicted molar refractivity (Wildman–Crippen MR) is 119 cm³/mol. The van der Waals surface area contributed by atoms with Crippen LogP contribution < -0.4 is 10.5 Å². The molecule has 1 aliphatic rings. The number of piperidine rings is 1. The van der Waals surface area contributed by atoms with Crippen LogP contribution in [-0.2, 0) is 10.0 Å². The molecule has 0 saturated carbocycles. The van der Waals surface area contributed by atoms with Gasteiger partial charge in [0.25, 0.3) is 0 Å². The quantitative estimate of drug-likeness (QED) is 0.361. The predicted octanol–water partition coefficient (Wildman–Crippen LogP) is 2.37. The van der Waals surface area contributed by atoms with Gasteiger partial charge in [0.15, 0.2) is 5.96 Å². The lowest BCUT2D eigenvalue weighted by Crippen LogP contribution is -2.48. The van der Waals surface area contributed by atoms with Gasteiger partial charge < -0.3 is 10.2 Å². The lowest BCUT2D eigenvalue weighted by atomic mass is 9.79. The molecule has 2 unspecified atom stereocenters. The summed E-state index contributed by atoms with van der Waals surface area (Å²) in [7, 11) is -3.48. The average Bonchev–Trinajstić information content (AvgIpc) is 2.60. The Labute approximate surface area is 174 Å². The van der Waals surface area contributed by atoms with Gasteiger partial charge in [0.05, 0.1) is 12.3 Å². The molecule has 1 aliphatic heterocycles. The molecular formula is C18H31IN4O2S. The Hall–Kier alpha value is -0.870. The Morgan fingerprint density at radius 3 is 2.58 bits per heavy atom. The third-order valence-electron chi connectivity index (χ3n) is 4.76. The number of halogens is 1. The summed E-state index contributed by atoms with van der Waals surface area (Å²) in [4.78, 5) is 6.71. The van der Waals surface area contributed by atoms with E-state index in [1.54, 1.807) is 0 Å². The first-order valence-electron chi connectivity index (χ1n) is 9.03.